The zero-order chi connectivity index (χ0) is 16.7. The Morgan fingerprint density at radius 2 is 1.05 bits per heavy atom. The molecule has 0 saturated heterocycles. The van der Waals surface area contributed by atoms with Crippen molar-refractivity contribution in [2.45, 2.75) is 129 Å². The maximum atomic E-state index is 3.36. The molecule has 0 heterocycles. The molecule has 0 rings (SSSR count). The molecule has 0 aliphatic rings. The number of hydrogen-bond donors (Lipinski definition) is 0. The molecule has 0 aromatic carbocycles. The molecule has 0 aromatic rings. The second-order valence-corrected chi connectivity index (χ2v) is 8.63. The Balaban J connectivity index is 4.57. The largest absolute Gasteiger partial charge is 0.131 e. The van der Waals surface area contributed by atoms with Gasteiger partial charge in [-0.25, -0.2) is 0 Å². The van der Waals surface area contributed by atoms with E-state index in [-0.39, 0.29) is 0 Å². The summed E-state index contributed by atoms with van der Waals surface area (Å²) in [6.45, 7) is 9.35. The van der Waals surface area contributed by atoms with Gasteiger partial charge in [-0.3, -0.25) is 0 Å². The van der Waals surface area contributed by atoms with Crippen LogP contribution in [0.5, 0.6) is 0 Å². The van der Waals surface area contributed by atoms with Gasteiger partial charge in [0.2, 0.25) is 0 Å². The fourth-order valence-electron chi connectivity index (χ4n) is 3.71. The van der Waals surface area contributed by atoms with E-state index in [0.717, 1.165) is 5.92 Å². The molecule has 22 heavy (non-hydrogen) atoms. The lowest BCUT2D eigenvalue weighted by Crippen LogP contribution is -2.32. The highest BCUT2D eigenvalue weighted by molar-refractivity contribution is 7.19. The van der Waals surface area contributed by atoms with E-state index >= 15 is 0 Å². The first kappa shape index (κ1) is 22.4. The average molecular weight is 329 g/mol. The predicted octanol–water partition coefficient (Wildman–Crippen LogP) is 8.15. The van der Waals surface area contributed by atoms with Crippen molar-refractivity contribution in [3.05, 3.63) is 0 Å². The monoisotopic (exact) mass is 328 g/mol. The molecule has 1 heteroatoms. The van der Waals surface area contributed by atoms with Crippen molar-refractivity contribution in [1.82, 2.24) is 0 Å². The summed E-state index contributed by atoms with van der Waals surface area (Å²) in [5.74, 6) is 0.942. The van der Waals surface area contributed by atoms with Gasteiger partial charge in [0.1, 0.15) is 0 Å². The molecule has 0 nitrogen and oxygen atoms in total. The Hall–Kier alpha value is 0.430. The first-order chi connectivity index (χ1) is 10.6. The number of hydrogen-bond acceptors (Lipinski definition) is 0. The van der Waals surface area contributed by atoms with Gasteiger partial charge in [0.05, 0.1) is 0 Å². The zero-order valence-corrected chi connectivity index (χ0v) is 17.4. The normalized spacial score (nSPS) is 13.5. The van der Waals surface area contributed by atoms with Crippen LogP contribution in [0, 0.1) is 5.92 Å². The fraction of sp³-hybridized carbons (Fsp3) is 1.00. The van der Waals surface area contributed by atoms with Crippen LogP contribution in [0.25, 0.3) is 0 Å². The average Bonchev–Trinajstić information content (AvgIpc) is 2.53. The molecule has 2 atom stereocenters. The van der Waals surface area contributed by atoms with Crippen LogP contribution in [0.4, 0.5) is 0 Å². The third-order valence-corrected chi connectivity index (χ3v) is 6.42. The van der Waals surface area contributed by atoms with Gasteiger partial charge in [-0.15, -0.1) is 9.24 Å². The van der Waals surface area contributed by atoms with Gasteiger partial charge in [-0.2, -0.15) is 0 Å². The molecule has 0 amide bonds. The van der Waals surface area contributed by atoms with E-state index in [4.69, 9.17) is 0 Å². The standard InChI is InChI=1S/C21H45P/c1-5-9-13-14-15-17-20(16-10-6-2)21(22,18-11-7-3)19-12-8-4/h20H,5-19,22H2,1-4H3. The molecule has 0 aliphatic heterocycles. The van der Waals surface area contributed by atoms with Gasteiger partial charge in [0.15, 0.2) is 0 Å². The third kappa shape index (κ3) is 10.3. The molecule has 0 bridgehead atoms. The summed E-state index contributed by atoms with van der Waals surface area (Å²) in [5, 5.41) is 0.534. The summed E-state index contributed by atoms with van der Waals surface area (Å²) in [7, 11) is 3.36. The molecule has 0 aliphatic carbocycles. The lowest BCUT2D eigenvalue weighted by molar-refractivity contribution is 0.274. The minimum atomic E-state index is 0.534. The Bertz CT molecular complexity index is 216. The topological polar surface area (TPSA) is 0 Å². The molecule has 0 radical (unpaired) electrons. The van der Waals surface area contributed by atoms with Crippen molar-refractivity contribution >= 4 is 9.24 Å². The number of unbranched alkanes of at least 4 members (excludes halogenated alkanes) is 7. The van der Waals surface area contributed by atoms with Crippen molar-refractivity contribution in [1.29, 1.82) is 0 Å². The van der Waals surface area contributed by atoms with E-state index in [1.807, 2.05) is 0 Å². The van der Waals surface area contributed by atoms with Crippen LogP contribution >= 0.6 is 9.24 Å². The summed E-state index contributed by atoms with van der Waals surface area (Å²) < 4.78 is 0. The van der Waals surface area contributed by atoms with E-state index in [1.165, 1.54) is 96.3 Å². The van der Waals surface area contributed by atoms with E-state index in [1.54, 1.807) is 0 Å². The van der Waals surface area contributed by atoms with E-state index in [0.29, 0.717) is 5.16 Å². The second-order valence-electron chi connectivity index (χ2n) is 7.48. The van der Waals surface area contributed by atoms with Gasteiger partial charge in [-0.05, 0) is 36.8 Å². The predicted molar refractivity (Wildman–Crippen MR) is 108 cm³/mol. The minimum Gasteiger partial charge on any atom is -0.131 e. The van der Waals surface area contributed by atoms with Crippen molar-refractivity contribution in [2.75, 3.05) is 0 Å². The summed E-state index contributed by atoms with van der Waals surface area (Å²) >= 11 is 0. The third-order valence-electron chi connectivity index (χ3n) is 5.37. The fourth-order valence-corrected chi connectivity index (χ4v) is 4.45. The van der Waals surface area contributed by atoms with E-state index in [9.17, 15) is 0 Å². The summed E-state index contributed by atoms with van der Waals surface area (Å²) in [6.07, 6.45) is 21.2. The van der Waals surface area contributed by atoms with Gasteiger partial charge in [0, 0.05) is 0 Å². The molecule has 0 fully saturated rings. The highest BCUT2D eigenvalue weighted by atomic mass is 31.0. The Kier molecular flexibility index (Phi) is 15.3. The highest BCUT2D eigenvalue weighted by Gasteiger charge is 2.32. The van der Waals surface area contributed by atoms with Crippen LogP contribution < -0.4 is 0 Å². The zero-order valence-electron chi connectivity index (χ0n) is 16.3. The van der Waals surface area contributed by atoms with Crippen LogP contribution in [0.1, 0.15) is 124 Å². The van der Waals surface area contributed by atoms with Crippen LogP contribution in [0.2, 0.25) is 0 Å². The van der Waals surface area contributed by atoms with Gasteiger partial charge >= 0.3 is 0 Å². The van der Waals surface area contributed by atoms with E-state index < -0.39 is 0 Å². The SMILES string of the molecule is CCCCCCCC(CCCC)C(P)(CCCC)CCCC. The molecule has 0 aromatic heterocycles. The van der Waals surface area contributed by atoms with Crippen molar-refractivity contribution < 1.29 is 0 Å². The van der Waals surface area contributed by atoms with Crippen LogP contribution in [-0.4, -0.2) is 5.16 Å². The first-order valence-corrected chi connectivity index (χ1v) is 11.0. The minimum absolute atomic E-state index is 0.534. The molecule has 0 saturated carbocycles. The second kappa shape index (κ2) is 15.0. The Morgan fingerprint density at radius 1 is 0.591 bits per heavy atom. The molecular formula is C21H45P. The Labute approximate surface area is 144 Å². The quantitative estimate of drug-likeness (QED) is 0.198. The molecule has 0 spiro atoms. The first-order valence-electron chi connectivity index (χ1n) is 10.4. The van der Waals surface area contributed by atoms with Crippen LogP contribution in [0.3, 0.4) is 0 Å². The van der Waals surface area contributed by atoms with Crippen molar-refractivity contribution in [3.63, 3.8) is 0 Å². The molecular weight excluding hydrogens is 283 g/mol. The lowest BCUT2D eigenvalue weighted by atomic mass is 9.77. The Morgan fingerprint density at radius 3 is 1.55 bits per heavy atom. The highest BCUT2D eigenvalue weighted by Crippen LogP contribution is 2.43. The van der Waals surface area contributed by atoms with Gasteiger partial charge in [-0.1, -0.05) is 98.3 Å². The maximum Gasteiger partial charge on any atom is -0.0122 e. The molecule has 134 valence electrons. The molecule has 2 unspecified atom stereocenters. The van der Waals surface area contributed by atoms with E-state index in [2.05, 4.69) is 36.9 Å². The van der Waals surface area contributed by atoms with Crippen LogP contribution in [0.15, 0.2) is 0 Å². The van der Waals surface area contributed by atoms with Crippen molar-refractivity contribution in [3.8, 4) is 0 Å². The smallest absolute Gasteiger partial charge is 0.0122 e. The van der Waals surface area contributed by atoms with Gasteiger partial charge in [0.25, 0.3) is 0 Å². The molecule has 0 N–H and O–H groups in total. The van der Waals surface area contributed by atoms with Gasteiger partial charge < -0.3 is 0 Å². The number of rotatable bonds is 16. The summed E-state index contributed by atoms with van der Waals surface area (Å²) in [5.41, 5.74) is 0. The summed E-state index contributed by atoms with van der Waals surface area (Å²) in [4.78, 5) is 0. The van der Waals surface area contributed by atoms with Crippen molar-refractivity contribution in [2.24, 2.45) is 5.92 Å². The maximum absolute atomic E-state index is 3.36. The lowest BCUT2D eigenvalue weighted by Gasteiger charge is -2.39. The summed E-state index contributed by atoms with van der Waals surface area (Å²) in [6, 6.07) is 0. The van der Waals surface area contributed by atoms with Crippen LogP contribution in [-0.2, 0) is 0 Å².